The molecular formula is C14H14FNOS. The molecule has 0 heterocycles. The van der Waals surface area contributed by atoms with Gasteiger partial charge in [0.2, 0.25) is 0 Å². The van der Waals surface area contributed by atoms with Crippen LogP contribution in [0.4, 0.5) is 10.1 Å². The lowest BCUT2D eigenvalue weighted by atomic mass is 10.2. The summed E-state index contributed by atoms with van der Waals surface area (Å²) in [6, 6.07) is 12.4. The van der Waals surface area contributed by atoms with E-state index in [-0.39, 0.29) is 5.82 Å². The summed E-state index contributed by atoms with van der Waals surface area (Å²) in [5, 5.41) is 0. The molecule has 94 valence electrons. The molecule has 0 saturated carbocycles. The highest BCUT2D eigenvalue weighted by atomic mass is 32.2. The van der Waals surface area contributed by atoms with Gasteiger partial charge in [-0.3, -0.25) is 0 Å². The highest BCUT2D eigenvalue weighted by Crippen LogP contribution is 2.26. The Labute approximate surface area is 110 Å². The molecule has 2 N–H and O–H groups in total. The van der Waals surface area contributed by atoms with Crippen molar-refractivity contribution in [3.63, 3.8) is 0 Å². The Morgan fingerprint density at radius 1 is 1.17 bits per heavy atom. The zero-order valence-corrected chi connectivity index (χ0v) is 10.8. The van der Waals surface area contributed by atoms with E-state index in [2.05, 4.69) is 0 Å². The third kappa shape index (κ3) is 3.40. The summed E-state index contributed by atoms with van der Waals surface area (Å²) < 4.78 is 18.2. The van der Waals surface area contributed by atoms with Crippen molar-refractivity contribution < 1.29 is 9.13 Å². The van der Waals surface area contributed by atoms with Gasteiger partial charge < -0.3 is 10.5 Å². The van der Waals surface area contributed by atoms with Crippen molar-refractivity contribution in [1.82, 2.24) is 0 Å². The Kier molecular flexibility index (Phi) is 4.10. The Balaban J connectivity index is 2.01. The summed E-state index contributed by atoms with van der Waals surface area (Å²) in [4.78, 5) is 0.836. The molecule has 0 radical (unpaired) electrons. The van der Waals surface area contributed by atoms with Crippen LogP contribution in [0.2, 0.25) is 0 Å². The Bertz CT molecular complexity index is 508. The number of nitrogen functional groups attached to an aromatic ring is 1. The van der Waals surface area contributed by atoms with Crippen molar-refractivity contribution in [3.8, 4) is 5.75 Å². The number of benzene rings is 2. The Morgan fingerprint density at radius 2 is 1.89 bits per heavy atom. The molecule has 4 heteroatoms. The highest BCUT2D eigenvalue weighted by molar-refractivity contribution is 7.98. The van der Waals surface area contributed by atoms with E-state index in [1.54, 1.807) is 24.9 Å². The number of nitrogens with two attached hydrogens (primary N) is 1. The van der Waals surface area contributed by atoms with E-state index in [4.69, 9.17) is 10.5 Å². The zero-order chi connectivity index (χ0) is 13.0. The molecule has 2 aromatic carbocycles. The van der Waals surface area contributed by atoms with Gasteiger partial charge in [-0.1, -0.05) is 12.1 Å². The number of anilines is 1. The second-order valence-electron chi connectivity index (χ2n) is 3.86. The number of thioether (sulfide) groups is 1. The molecule has 0 fully saturated rings. The van der Waals surface area contributed by atoms with Gasteiger partial charge in [-0.25, -0.2) is 4.39 Å². The van der Waals surface area contributed by atoms with Gasteiger partial charge in [-0.2, -0.15) is 0 Å². The third-order valence-electron chi connectivity index (χ3n) is 2.46. The second-order valence-corrected chi connectivity index (χ2v) is 4.91. The van der Waals surface area contributed by atoms with E-state index in [1.165, 1.54) is 12.1 Å². The van der Waals surface area contributed by atoms with Crippen molar-refractivity contribution >= 4 is 17.4 Å². The van der Waals surface area contributed by atoms with E-state index < -0.39 is 0 Å². The number of rotatable bonds is 4. The van der Waals surface area contributed by atoms with Crippen LogP contribution >= 0.6 is 11.8 Å². The summed E-state index contributed by atoms with van der Waals surface area (Å²) in [6.07, 6.45) is 0. The standard InChI is InChI=1S/C14H14FNOS/c1-17-13-4-2-10(3-5-13)9-18-14-7-11(15)6-12(16)8-14/h2-8H,9,16H2,1H3. The van der Waals surface area contributed by atoms with Gasteiger partial charge in [0.05, 0.1) is 7.11 Å². The van der Waals surface area contributed by atoms with Gasteiger partial charge in [0.25, 0.3) is 0 Å². The maximum absolute atomic E-state index is 13.1. The first-order valence-corrected chi connectivity index (χ1v) is 6.48. The summed E-state index contributed by atoms with van der Waals surface area (Å²) >= 11 is 1.55. The maximum atomic E-state index is 13.1. The molecule has 0 bridgehead atoms. The van der Waals surface area contributed by atoms with Crippen LogP contribution < -0.4 is 10.5 Å². The first kappa shape index (κ1) is 12.8. The zero-order valence-electron chi connectivity index (χ0n) is 10.0. The predicted octanol–water partition coefficient (Wildman–Crippen LogP) is 3.71. The van der Waals surface area contributed by atoms with Gasteiger partial charge >= 0.3 is 0 Å². The first-order valence-electron chi connectivity index (χ1n) is 5.49. The number of methoxy groups -OCH3 is 1. The lowest BCUT2D eigenvalue weighted by Gasteiger charge is -2.05. The predicted molar refractivity (Wildman–Crippen MR) is 73.4 cm³/mol. The molecule has 2 rings (SSSR count). The van der Waals surface area contributed by atoms with Gasteiger partial charge in [0, 0.05) is 16.3 Å². The third-order valence-corrected chi connectivity index (χ3v) is 3.50. The quantitative estimate of drug-likeness (QED) is 0.674. The molecule has 0 atom stereocenters. The van der Waals surface area contributed by atoms with Crippen molar-refractivity contribution in [1.29, 1.82) is 0 Å². The Morgan fingerprint density at radius 3 is 2.50 bits per heavy atom. The molecule has 0 amide bonds. The summed E-state index contributed by atoms with van der Waals surface area (Å²) in [5.74, 6) is 1.30. The van der Waals surface area contributed by atoms with Crippen LogP contribution in [-0.2, 0) is 5.75 Å². The summed E-state index contributed by atoms with van der Waals surface area (Å²) in [5.41, 5.74) is 7.20. The largest absolute Gasteiger partial charge is 0.497 e. The van der Waals surface area contributed by atoms with E-state index in [0.29, 0.717) is 5.69 Å². The summed E-state index contributed by atoms with van der Waals surface area (Å²) in [6.45, 7) is 0. The van der Waals surface area contributed by atoms with Gasteiger partial charge in [0.15, 0.2) is 0 Å². The molecule has 0 saturated heterocycles. The number of hydrogen-bond donors (Lipinski definition) is 1. The summed E-state index contributed by atoms with van der Waals surface area (Å²) in [7, 11) is 1.64. The van der Waals surface area contributed by atoms with Crippen molar-refractivity contribution in [2.75, 3.05) is 12.8 Å². The smallest absolute Gasteiger partial charge is 0.126 e. The maximum Gasteiger partial charge on any atom is 0.126 e. The molecule has 0 unspecified atom stereocenters. The average Bonchev–Trinajstić information content (AvgIpc) is 2.36. The molecular weight excluding hydrogens is 249 g/mol. The minimum Gasteiger partial charge on any atom is -0.497 e. The minimum atomic E-state index is -0.299. The van der Waals surface area contributed by atoms with Crippen LogP contribution in [-0.4, -0.2) is 7.11 Å². The Hall–Kier alpha value is -1.68. The van der Waals surface area contributed by atoms with Crippen LogP contribution in [0.15, 0.2) is 47.4 Å². The van der Waals surface area contributed by atoms with E-state index in [0.717, 1.165) is 22.0 Å². The van der Waals surface area contributed by atoms with Crippen molar-refractivity contribution in [3.05, 3.63) is 53.8 Å². The fourth-order valence-corrected chi connectivity index (χ4v) is 2.50. The van der Waals surface area contributed by atoms with E-state index in [1.807, 2.05) is 24.3 Å². The molecule has 0 aromatic heterocycles. The van der Waals surface area contributed by atoms with Gasteiger partial charge in [0.1, 0.15) is 11.6 Å². The SMILES string of the molecule is COc1ccc(CSc2cc(N)cc(F)c2)cc1. The van der Waals surface area contributed by atoms with Crippen LogP contribution in [0.5, 0.6) is 5.75 Å². The molecule has 18 heavy (non-hydrogen) atoms. The molecule has 0 aliphatic carbocycles. The molecule has 2 nitrogen and oxygen atoms in total. The minimum absolute atomic E-state index is 0.299. The lowest BCUT2D eigenvalue weighted by Crippen LogP contribution is -1.88. The second kappa shape index (κ2) is 5.78. The lowest BCUT2D eigenvalue weighted by molar-refractivity contribution is 0.414. The van der Waals surface area contributed by atoms with Crippen LogP contribution in [0.1, 0.15) is 5.56 Å². The van der Waals surface area contributed by atoms with Crippen molar-refractivity contribution in [2.45, 2.75) is 10.6 Å². The van der Waals surface area contributed by atoms with Gasteiger partial charge in [-0.05, 0) is 35.9 Å². The van der Waals surface area contributed by atoms with E-state index >= 15 is 0 Å². The van der Waals surface area contributed by atoms with Crippen LogP contribution in [0.25, 0.3) is 0 Å². The van der Waals surface area contributed by atoms with Crippen LogP contribution in [0, 0.1) is 5.82 Å². The molecule has 2 aromatic rings. The monoisotopic (exact) mass is 263 g/mol. The molecule has 0 spiro atoms. The number of hydrogen-bond acceptors (Lipinski definition) is 3. The van der Waals surface area contributed by atoms with Gasteiger partial charge in [-0.15, -0.1) is 11.8 Å². The number of halogens is 1. The van der Waals surface area contributed by atoms with E-state index in [9.17, 15) is 4.39 Å². The first-order chi connectivity index (χ1) is 8.67. The normalized spacial score (nSPS) is 10.3. The molecule has 0 aliphatic heterocycles. The topological polar surface area (TPSA) is 35.2 Å². The molecule has 0 aliphatic rings. The highest BCUT2D eigenvalue weighted by Gasteiger charge is 2.01. The number of ether oxygens (including phenoxy) is 1. The fraction of sp³-hybridized carbons (Fsp3) is 0.143. The fourth-order valence-electron chi connectivity index (χ4n) is 1.56. The van der Waals surface area contributed by atoms with Crippen LogP contribution in [0.3, 0.4) is 0 Å². The van der Waals surface area contributed by atoms with Crippen molar-refractivity contribution in [2.24, 2.45) is 0 Å². The average molecular weight is 263 g/mol.